The van der Waals surface area contributed by atoms with Gasteiger partial charge in [0, 0.05) is 30.2 Å². The number of benzene rings is 2. The molecule has 2 aromatic carbocycles. The highest BCUT2D eigenvalue weighted by Gasteiger charge is 2.19. The number of hydrogen-bond acceptors (Lipinski definition) is 5. The van der Waals surface area contributed by atoms with E-state index in [0.29, 0.717) is 12.2 Å². The van der Waals surface area contributed by atoms with Crippen LogP contribution in [0.4, 0.5) is 10.5 Å². The molecule has 162 valence electrons. The molecule has 0 aliphatic carbocycles. The first-order valence-corrected chi connectivity index (χ1v) is 10.9. The van der Waals surface area contributed by atoms with Gasteiger partial charge in [0.15, 0.2) is 0 Å². The molecule has 0 saturated carbocycles. The lowest BCUT2D eigenvalue weighted by Gasteiger charge is -2.24. The Morgan fingerprint density at radius 3 is 2.55 bits per heavy atom. The highest BCUT2D eigenvalue weighted by atomic mass is 32.1. The number of rotatable bonds is 6. The summed E-state index contributed by atoms with van der Waals surface area (Å²) in [4.78, 5) is 30.7. The lowest BCUT2D eigenvalue weighted by molar-refractivity contribution is -0.115. The van der Waals surface area contributed by atoms with Gasteiger partial charge in [0.05, 0.1) is 12.1 Å². The average molecular weight is 438 g/mol. The van der Waals surface area contributed by atoms with Crippen LogP contribution in [-0.4, -0.2) is 34.5 Å². The van der Waals surface area contributed by atoms with E-state index in [-0.39, 0.29) is 18.4 Å². The van der Waals surface area contributed by atoms with Gasteiger partial charge in [-0.15, -0.1) is 11.3 Å². The summed E-state index contributed by atoms with van der Waals surface area (Å²) in [5.41, 5.74) is 2.81. The molecule has 0 radical (unpaired) electrons. The molecule has 6 nitrogen and oxygen atoms in total. The number of nitrogens with one attached hydrogen (secondary N) is 1. The second-order valence-corrected chi connectivity index (χ2v) is 9.13. The maximum Gasteiger partial charge on any atom is 0.410 e. The van der Waals surface area contributed by atoms with Gasteiger partial charge in [0.1, 0.15) is 10.6 Å². The number of nitrogens with zero attached hydrogens (tertiary/aromatic N) is 2. The smallest absolute Gasteiger partial charge is 0.410 e. The van der Waals surface area contributed by atoms with Gasteiger partial charge in [-0.1, -0.05) is 42.5 Å². The predicted molar refractivity (Wildman–Crippen MR) is 124 cm³/mol. The van der Waals surface area contributed by atoms with Crippen LogP contribution < -0.4 is 5.32 Å². The van der Waals surface area contributed by atoms with Gasteiger partial charge in [-0.2, -0.15) is 0 Å². The largest absolute Gasteiger partial charge is 0.444 e. The molecule has 1 N–H and O–H groups in total. The van der Waals surface area contributed by atoms with Crippen molar-refractivity contribution in [1.82, 2.24) is 9.88 Å². The first-order valence-electron chi connectivity index (χ1n) is 10.0. The highest BCUT2D eigenvalue weighted by Crippen LogP contribution is 2.23. The van der Waals surface area contributed by atoms with Crippen molar-refractivity contribution in [2.24, 2.45) is 0 Å². The van der Waals surface area contributed by atoms with Crippen LogP contribution in [0.2, 0.25) is 0 Å². The highest BCUT2D eigenvalue weighted by molar-refractivity contribution is 7.13. The Hall–Kier alpha value is -3.19. The van der Waals surface area contributed by atoms with E-state index in [4.69, 9.17) is 4.74 Å². The van der Waals surface area contributed by atoms with Crippen LogP contribution in [0.3, 0.4) is 0 Å². The SMILES string of the molecule is CN(Cc1cccc(NC(=O)Cc2csc(-c3ccccc3)n2)c1)C(=O)OC(C)(C)C. The number of anilines is 1. The zero-order valence-corrected chi connectivity index (χ0v) is 19.0. The lowest BCUT2D eigenvalue weighted by atomic mass is 10.2. The molecule has 1 heterocycles. The summed E-state index contributed by atoms with van der Waals surface area (Å²) < 4.78 is 5.38. The number of hydrogen-bond donors (Lipinski definition) is 1. The molecule has 3 aromatic rings. The number of amides is 2. The summed E-state index contributed by atoms with van der Waals surface area (Å²) in [5, 5.41) is 5.72. The topological polar surface area (TPSA) is 71.5 Å². The van der Waals surface area contributed by atoms with Gasteiger partial charge in [0.25, 0.3) is 0 Å². The molecule has 0 spiro atoms. The molecule has 0 bridgehead atoms. The third-order valence-electron chi connectivity index (χ3n) is 4.25. The van der Waals surface area contributed by atoms with Crippen LogP contribution in [0.25, 0.3) is 10.6 Å². The van der Waals surface area contributed by atoms with Crippen molar-refractivity contribution in [3.63, 3.8) is 0 Å². The third kappa shape index (κ3) is 6.93. The molecule has 0 fully saturated rings. The second kappa shape index (κ2) is 9.75. The monoisotopic (exact) mass is 437 g/mol. The van der Waals surface area contributed by atoms with E-state index in [1.54, 1.807) is 7.05 Å². The Bertz CT molecular complexity index is 1040. The van der Waals surface area contributed by atoms with Gasteiger partial charge in [-0.05, 0) is 38.5 Å². The number of ether oxygens (including phenoxy) is 1. The molecule has 0 atom stereocenters. The normalized spacial score (nSPS) is 11.1. The minimum atomic E-state index is -0.544. The van der Waals surface area contributed by atoms with Crippen LogP contribution in [0, 0.1) is 0 Å². The van der Waals surface area contributed by atoms with Crippen molar-refractivity contribution >= 4 is 29.0 Å². The van der Waals surface area contributed by atoms with Gasteiger partial charge < -0.3 is 15.0 Å². The van der Waals surface area contributed by atoms with Crippen molar-refractivity contribution in [3.05, 3.63) is 71.2 Å². The Morgan fingerprint density at radius 1 is 1.10 bits per heavy atom. The van der Waals surface area contributed by atoms with Gasteiger partial charge in [-0.25, -0.2) is 9.78 Å². The van der Waals surface area contributed by atoms with E-state index in [1.807, 2.05) is 80.7 Å². The van der Waals surface area contributed by atoms with Crippen molar-refractivity contribution in [3.8, 4) is 10.6 Å². The third-order valence-corrected chi connectivity index (χ3v) is 5.19. The van der Waals surface area contributed by atoms with E-state index in [0.717, 1.165) is 21.8 Å². The van der Waals surface area contributed by atoms with Gasteiger partial charge in [-0.3, -0.25) is 4.79 Å². The van der Waals surface area contributed by atoms with Crippen molar-refractivity contribution in [2.45, 2.75) is 39.3 Å². The maximum absolute atomic E-state index is 12.5. The quantitative estimate of drug-likeness (QED) is 0.564. The molecule has 7 heteroatoms. The summed E-state index contributed by atoms with van der Waals surface area (Å²) in [7, 11) is 1.69. The molecule has 3 rings (SSSR count). The van der Waals surface area contributed by atoms with Gasteiger partial charge in [0.2, 0.25) is 5.91 Å². The summed E-state index contributed by atoms with van der Waals surface area (Å²) in [6.07, 6.45) is -0.189. The maximum atomic E-state index is 12.5. The first-order chi connectivity index (χ1) is 14.7. The Labute approximate surface area is 186 Å². The minimum Gasteiger partial charge on any atom is -0.444 e. The molecule has 0 aliphatic heterocycles. The van der Waals surface area contributed by atoms with E-state index >= 15 is 0 Å². The molecule has 0 saturated heterocycles. The van der Waals surface area contributed by atoms with Gasteiger partial charge >= 0.3 is 6.09 Å². The van der Waals surface area contributed by atoms with Crippen molar-refractivity contribution in [1.29, 1.82) is 0 Å². The van der Waals surface area contributed by atoms with E-state index < -0.39 is 5.60 Å². The minimum absolute atomic E-state index is 0.137. The summed E-state index contributed by atoms with van der Waals surface area (Å²) >= 11 is 1.53. The number of carbonyl (C=O) groups is 2. The first kappa shape index (κ1) is 22.5. The van der Waals surface area contributed by atoms with E-state index in [2.05, 4.69) is 10.3 Å². The average Bonchev–Trinajstić information content (AvgIpc) is 3.16. The molecule has 0 unspecified atom stereocenters. The van der Waals surface area contributed by atoms with E-state index in [1.165, 1.54) is 16.2 Å². The Kier molecular flexibility index (Phi) is 7.07. The zero-order chi connectivity index (χ0) is 22.4. The summed E-state index contributed by atoms with van der Waals surface area (Å²) in [6, 6.07) is 17.3. The predicted octanol–water partition coefficient (Wildman–Crippen LogP) is 5.36. The summed E-state index contributed by atoms with van der Waals surface area (Å²) in [5.74, 6) is -0.137. The van der Waals surface area contributed by atoms with Crippen LogP contribution in [0.15, 0.2) is 60.0 Å². The van der Waals surface area contributed by atoms with Crippen LogP contribution in [0.5, 0.6) is 0 Å². The molecule has 2 amide bonds. The van der Waals surface area contributed by atoms with Crippen LogP contribution in [0.1, 0.15) is 32.0 Å². The molecule has 0 aliphatic rings. The van der Waals surface area contributed by atoms with Crippen LogP contribution >= 0.6 is 11.3 Å². The fourth-order valence-corrected chi connectivity index (χ4v) is 3.72. The molecular weight excluding hydrogens is 410 g/mol. The molecule has 31 heavy (non-hydrogen) atoms. The fourth-order valence-electron chi connectivity index (χ4n) is 2.90. The number of aromatic nitrogens is 1. The molecule has 1 aromatic heterocycles. The van der Waals surface area contributed by atoms with Crippen LogP contribution in [-0.2, 0) is 22.5 Å². The summed E-state index contributed by atoms with van der Waals surface area (Å²) in [6.45, 7) is 5.88. The van der Waals surface area contributed by atoms with Crippen molar-refractivity contribution in [2.75, 3.05) is 12.4 Å². The Morgan fingerprint density at radius 2 is 1.84 bits per heavy atom. The zero-order valence-electron chi connectivity index (χ0n) is 18.2. The number of thiazole rings is 1. The van der Waals surface area contributed by atoms with E-state index in [9.17, 15) is 9.59 Å². The fraction of sp³-hybridized carbons (Fsp3) is 0.292. The number of carbonyl (C=O) groups excluding carboxylic acids is 2. The standard InChI is InChI=1S/C24H27N3O3S/c1-24(2,3)30-23(29)27(4)15-17-9-8-12-19(13-17)25-21(28)14-20-16-31-22(26-20)18-10-6-5-7-11-18/h5-13,16H,14-15H2,1-4H3,(H,25,28). The Balaban J connectivity index is 1.57. The van der Waals surface area contributed by atoms with Crippen molar-refractivity contribution < 1.29 is 14.3 Å². The second-order valence-electron chi connectivity index (χ2n) is 8.27. The lowest BCUT2D eigenvalue weighted by Crippen LogP contribution is -2.33. The molecular formula is C24H27N3O3S.